The molecule has 0 amide bonds. The largest absolute Gasteiger partial charge is 0.508 e. The van der Waals surface area contributed by atoms with Gasteiger partial charge in [-0.05, 0) is 33.6 Å². The number of hydrogen-bond acceptors (Lipinski definition) is 6. The molecule has 0 spiro atoms. The molecule has 6 heteroatoms. The minimum Gasteiger partial charge on any atom is -0.435 e. The third-order valence-corrected chi connectivity index (χ3v) is 1.49. The lowest BCUT2D eigenvalue weighted by atomic mass is 10.5. The molecule has 1 atom stereocenters. The van der Waals surface area contributed by atoms with Gasteiger partial charge < -0.3 is 24.4 Å². The average Bonchev–Trinajstić information content (AvgIpc) is 2.41. The second kappa shape index (κ2) is 23.3. The van der Waals surface area contributed by atoms with Gasteiger partial charge in [-0.1, -0.05) is 13.8 Å². The van der Waals surface area contributed by atoms with E-state index in [-0.39, 0.29) is 6.61 Å². The standard InChI is InChI=1S/C6H14O.C5H10O3.C3H8O2/c1-3-5-7-6-4-2;1-3-7-5(6)8-4-2;1-3(5)2-4/h3-6H2,1-2H3;3-4H2,1-2H3;3-5H,2H2,1H3. The van der Waals surface area contributed by atoms with Gasteiger partial charge in [0.15, 0.2) is 0 Å². The van der Waals surface area contributed by atoms with Gasteiger partial charge in [-0.3, -0.25) is 0 Å². The molecule has 0 aromatic rings. The summed E-state index contributed by atoms with van der Waals surface area (Å²) < 4.78 is 14.0. The van der Waals surface area contributed by atoms with Crippen LogP contribution in [0.5, 0.6) is 0 Å². The molecule has 0 aliphatic rings. The Hall–Kier alpha value is -0.850. The fourth-order valence-electron chi connectivity index (χ4n) is 0.668. The predicted octanol–water partition coefficient (Wildman–Crippen LogP) is 2.36. The van der Waals surface area contributed by atoms with E-state index in [2.05, 4.69) is 23.3 Å². The number of ether oxygens (including phenoxy) is 3. The van der Waals surface area contributed by atoms with Gasteiger partial charge in [0.1, 0.15) is 0 Å². The number of carbonyl (C=O) groups excluding carboxylic acids is 1. The van der Waals surface area contributed by atoms with Crippen molar-refractivity contribution < 1.29 is 29.2 Å². The summed E-state index contributed by atoms with van der Waals surface area (Å²) in [6.07, 6.45) is 1.13. The maximum Gasteiger partial charge on any atom is 0.508 e. The molecular formula is C14H32O6. The van der Waals surface area contributed by atoms with Crippen molar-refractivity contribution >= 4 is 6.16 Å². The van der Waals surface area contributed by atoms with Crippen molar-refractivity contribution in [3.05, 3.63) is 0 Å². The van der Waals surface area contributed by atoms with Crippen LogP contribution < -0.4 is 0 Å². The van der Waals surface area contributed by atoms with E-state index in [0.29, 0.717) is 13.2 Å². The Labute approximate surface area is 123 Å². The first-order valence-electron chi connectivity index (χ1n) is 7.16. The highest BCUT2D eigenvalue weighted by Gasteiger charge is 1.96. The van der Waals surface area contributed by atoms with Crippen molar-refractivity contribution in [2.24, 2.45) is 0 Å². The summed E-state index contributed by atoms with van der Waals surface area (Å²) in [5.41, 5.74) is 0. The Bertz CT molecular complexity index is 161. The van der Waals surface area contributed by atoms with E-state index in [1.807, 2.05) is 0 Å². The van der Waals surface area contributed by atoms with Gasteiger partial charge in [0.25, 0.3) is 0 Å². The van der Waals surface area contributed by atoms with E-state index in [0.717, 1.165) is 26.1 Å². The molecule has 0 saturated heterocycles. The second-order valence-electron chi connectivity index (χ2n) is 3.76. The number of hydrogen-bond donors (Lipinski definition) is 2. The maximum atomic E-state index is 10.2. The van der Waals surface area contributed by atoms with E-state index in [4.69, 9.17) is 14.9 Å². The fourth-order valence-corrected chi connectivity index (χ4v) is 0.668. The second-order valence-corrected chi connectivity index (χ2v) is 3.76. The molecule has 0 saturated carbocycles. The van der Waals surface area contributed by atoms with Crippen LogP contribution in [0.1, 0.15) is 47.5 Å². The molecule has 0 aliphatic heterocycles. The summed E-state index contributed by atoms with van der Waals surface area (Å²) in [5.74, 6) is 0. The summed E-state index contributed by atoms with van der Waals surface area (Å²) in [6.45, 7) is 11.7. The topological polar surface area (TPSA) is 85.2 Å². The van der Waals surface area contributed by atoms with Gasteiger partial charge in [-0.25, -0.2) is 4.79 Å². The van der Waals surface area contributed by atoms with Crippen LogP contribution in [0.15, 0.2) is 0 Å². The zero-order valence-corrected chi connectivity index (χ0v) is 13.6. The number of aliphatic hydroxyl groups is 2. The lowest BCUT2D eigenvalue weighted by Gasteiger charge is -1.98. The highest BCUT2D eigenvalue weighted by atomic mass is 16.7. The first kappa shape index (κ1) is 24.2. The normalized spacial score (nSPS) is 10.3. The molecule has 2 N–H and O–H groups in total. The van der Waals surface area contributed by atoms with Crippen LogP contribution in [0, 0.1) is 0 Å². The van der Waals surface area contributed by atoms with Gasteiger partial charge in [0, 0.05) is 13.2 Å². The van der Waals surface area contributed by atoms with Crippen molar-refractivity contribution in [3.63, 3.8) is 0 Å². The van der Waals surface area contributed by atoms with Gasteiger partial charge in [-0.2, -0.15) is 0 Å². The van der Waals surface area contributed by atoms with Gasteiger partial charge in [-0.15, -0.1) is 0 Å². The summed E-state index contributed by atoms with van der Waals surface area (Å²) in [4.78, 5) is 10.2. The minimum atomic E-state index is -0.588. The molecule has 20 heavy (non-hydrogen) atoms. The summed E-state index contributed by atoms with van der Waals surface area (Å²) >= 11 is 0. The van der Waals surface area contributed by atoms with Crippen molar-refractivity contribution in [2.45, 2.75) is 53.6 Å². The molecule has 1 unspecified atom stereocenters. The maximum absolute atomic E-state index is 10.2. The molecule has 0 rings (SSSR count). The highest BCUT2D eigenvalue weighted by molar-refractivity contribution is 5.59. The summed E-state index contributed by atoms with van der Waals surface area (Å²) in [7, 11) is 0. The number of carbonyl (C=O) groups is 1. The molecule has 6 nitrogen and oxygen atoms in total. The minimum absolute atomic E-state index is 0.139. The van der Waals surface area contributed by atoms with E-state index < -0.39 is 12.3 Å². The zero-order chi connectivity index (χ0) is 16.2. The molecule has 0 aliphatic carbocycles. The first-order valence-corrected chi connectivity index (χ1v) is 7.16. The Morgan fingerprint density at radius 2 is 1.35 bits per heavy atom. The predicted molar refractivity (Wildman–Crippen MR) is 78.8 cm³/mol. The van der Waals surface area contributed by atoms with Gasteiger partial charge in [0.2, 0.25) is 0 Å². The summed E-state index contributed by atoms with van der Waals surface area (Å²) in [5, 5.41) is 16.0. The van der Waals surface area contributed by atoms with Crippen LogP contribution in [-0.4, -0.2) is 55.5 Å². The van der Waals surface area contributed by atoms with E-state index in [9.17, 15) is 4.79 Å². The van der Waals surface area contributed by atoms with Crippen LogP contribution >= 0.6 is 0 Å². The van der Waals surface area contributed by atoms with Crippen LogP contribution in [-0.2, 0) is 14.2 Å². The highest BCUT2D eigenvalue weighted by Crippen LogP contribution is 1.82. The Kier molecular flexibility index (Phi) is 28.1. The molecule has 0 aromatic heterocycles. The molecule has 0 radical (unpaired) electrons. The first-order chi connectivity index (χ1) is 9.49. The lowest BCUT2D eigenvalue weighted by molar-refractivity contribution is 0.0630. The van der Waals surface area contributed by atoms with Crippen molar-refractivity contribution in [2.75, 3.05) is 33.0 Å². The molecular weight excluding hydrogens is 264 g/mol. The molecule has 124 valence electrons. The van der Waals surface area contributed by atoms with Crippen LogP contribution in [0.2, 0.25) is 0 Å². The van der Waals surface area contributed by atoms with Crippen LogP contribution in [0.4, 0.5) is 4.79 Å². The SMILES string of the molecule is CC(O)CO.CCCOCCC.CCOC(=O)OCC. The number of aliphatic hydroxyl groups excluding tert-OH is 2. The average molecular weight is 296 g/mol. The lowest BCUT2D eigenvalue weighted by Crippen LogP contribution is -2.05. The Morgan fingerprint density at radius 1 is 1.00 bits per heavy atom. The Morgan fingerprint density at radius 3 is 1.55 bits per heavy atom. The smallest absolute Gasteiger partial charge is 0.435 e. The molecule has 0 fully saturated rings. The van der Waals surface area contributed by atoms with Gasteiger partial charge >= 0.3 is 6.16 Å². The quantitative estimate of drug-likeness (QED) is 0.554. The van der Waals surface area contributed by atoms with Crippen LogP contribution in [0.3, 0.4) is 0 Å². The summed E-state index contributed by atoms with van der Waals surface area (Å²) in [6, 6.07) is 0. The van der Waals surface area contributed by atoms with Crippen molar-refractivity contribution in [1.29, 1.82) is 0 Å². The van der Waals surface area contributed by atoms with E-state index >= 15 is 0 Å². The van der Waals surface area contributed by atoms with Crippen molar-refractivity contribution in [1.82, 2.24) is 0 Å². The monoisotopic (exact) mass is 296 g/mol. The third-order valence-electron chi connectivity index (χ3n) is 1.49. The third kappa shape index (κ3) is 36.0. The number of rotatable bonds is 7. The van der Waals surface area contributed by atoms with Crippen molar-refractivity contribution in [3.8, 4) is 0 Å². The van der Waals surface area contributed by atoms with Gasteiger partial charge in [0.05, 0.1) is 25.9 Å². The molecule has 0 heterocycles. The Balaban J connectivity index is -0.000000223. The van der Waals surface area contributed by atoms with E-state index in [1.165, 1.54) is 6.92 Å². The zero-order valence-electron chi connectivity index (χ0n) is 13.6. The fraction of sp³-hybridized carbons (Fsp3) is 0.929. The molecule has 0 bridgehead atoms. The van der Waals surface area contributed by atoms with E-state index in [1.54, 1.807) is 13.8 Å². The molecule has 0 aromatic carbocycles. The van der Waals surface area contributed by atoms with Crippen LogP contribution in [0.25, 0.3) is 0 Å².